The van der Waals surface area contributed by atoms with E-state index in [4.69, 9.17) is 0 Å². The van der Waals surface area contributed by atoms with E-state index in [1.165, 1.54) is 32.1 Å². The van der Waals surface area contributed by atoms with Gasteiger partial charge in [-0.1, -0.05) is 33.6 Å². The van der Waals surface area contributed by atoms with Crippen molar-refractivity contribution in [1.82, 2.24) is 20.1 Å². The van der Waals surface area contributed by atoms with Crippen LogP contribution in [0.1, 0.15) is 64.5 Å². The Morgan fingerprint density at radius 3 is 2.55 bits per heavy atom. The van der Waals surface area contributed by atoms with Crippen LogP contribution in [0.5, 0.6) is 0 Å². The molecule has 1 atom stereocenters. The number of nitrogens with zero attached hydrogens (tertiary/aromatic N) is 3. The summed E-state index contributed by atoms with van der Waals surface area (Å²) in [6, 6.07) is 0.564. The summed E-state index contributed by atoms with van der Waals surface area (Å²) in [5.41, 5.74) is 0. The second-order valence-electron chi connectivity index (χ2n) is 5.94. The minimum Gasteiger partial charge on any atom is -0.312 e. The summed E-state index contributed by atoms with van der Waals surface area (Å²) < 4.78 is 2.16. The zero-order valence-electron chi connectivity index (χ0n) is 13.4. The molecule has 20 heavy (non-hydrogen) atoms. The monoisotopic (exact) mass is 278 g/mol. The van der Waals surface area contributed by atoms with E-state index < -0.39 is 0 Å². The molecule has 2 rings (SSSR count). The van der Waals surface area contributed by atoms with Gasteiger partial charge in [0.15, 0.2) is 5.82 Å². The van der Waals surface area contributed by atoms with Crippen molar-refractivity contribution in [3.63, 3.8) is 0 Å². The van der Waals surface area contributed by atoms with Gasteiger partial charge < -0.3 is 5.32 Å². The van der Waals surface area contributed by atoms with Crippen LogP contribution in [0.15, 0.2) is 0 Å². The van der Waals surface area contributed by atoms with E-state index >= 15 is 0 Å². The fraction of sp³-hybridized carbons (Fsp3) is 0.875. The lowest BCUT2D eigenvalue weighted by Gasteiger charge is -2.25. The van der Waals surface area contributed by atoms with Crippen LogP contribution >= 0.6 is 0 Å². The molecule has 1 fully saturated rings. The summed E-state index contributed by atoms with van der Waals surface area (Å²) in [4.78, 5) is 4.63. The first kappa shape index (κ1) is 15.5. The molecule has 1 saturated carbocycles. The van der Waals surface area contributed by atoms with E-state index in [2.05, 4.69) is 40.9 Å². The van der Waals surface area contributed by atoms with Gasteiger partial charge in [-0.05, 0) is 31.7 Å². The maximum Gasteiger partial charge on any atom is 0.150 e. The van der Waals surface area contributed by atoms with Gasteiger partial charge in [0.2, 0.25) is 0 Å². The lowest BCUT2D eigenvalue weighted by Crippen LogP contribution is -2.40. The third-order valence-electron chi connectivity index (χ3n) is 4.42. The average molecular weight is 278 g/mol. The third-order valence-corrected chi connectivity index (χ3v) is 4.42. The Morgan fingerprint density at radius 1 is 1.20 bits per heavy atom. The van der Waals surface area contributed by atoms with Crippen molar-refractivity contribution < 1.29 is 0 Å². The molecule has 1 heterocycles. The van der Waals surface area contributed by atoms with Gasteiger partial charge in [-0.3, -0.25) is 0 Å². The molecule has 1 aromatic rings. The Bertz CT molecular complexity index is 393. The molecule has 0 radical (unpaired) electrons. The van der Waals surface area contributed by atoms with E-state index in [1.807, 2.05) is 0 Å². The summed E-state index contributed by atoms with van der Waals surface area (Å²) >= 11 is 0. The summed E-state index contributed by atoms with van der Waals surface area (Å²) in [6.07, 6.45) is 8.63. The number of aryl methyl sites for hydroxylation is 2. The quantitative estimate of drug-likeness (QED) is 0.795. The molecule has 1 unspecified atom stereocenters. The molecule has 0 aliphatic heterocycles. The van der Waals surface area contributed by atoms with Crippen LogP contribution in [-0.2, 0) is 19.4 Å². The van der Waals surface area contributed by atoms with Crippen molar-refractivity contribution in [2.75, 3.05) is 6.54 Å². The number of hydrogen-bond donors (Lipinski definition) is 1. The molecule has 4 heteroatoms. The van der Waals surface area contributed by atoms with Crippen molar-refractivity contribution in [1.29, 1.82) is 0 Å². The Balaban J connectivity index is 2.07. The standard InChI is InChI=1S/C16H30N4/c1-4-11-17-14(13-9-7-8-10-13)12-20-16(6-3)18-15(5-2)19-20/h13-14,17H,4-12H2,1-3H3. The first-order chi connectivity index (χ1) is 9.78. The molecule has 0 spiro atoms. The van der Waals surface area contributed by atoms with Gasteiger partial charge in [0.25, 0.3) is 0 Å². The smallest absolute Gasteiger partial charge is 0.150 e. The molecular weight excluding hydrogens is 248 g/mol. The third kappa shape index (κ3) is 3.81. The van der Waals surface area contributed by atoms with Gasteiger partial charge in [0.1, 0.15) is 5.82 Å². The molecule has 0 aromatic carbocycles. The zero-order valence-corrected chi connectivity index (χ0v) is 13.4. The van der Waals surface area contributed by atoms with Gasteiger partial charge >= 0.3 is 0 Å². The molecule has 0 bridgehead atoms. The van der Waals surface area contributed by atoms with Gasteiger partial charge in [0, 0.05) is 18.9 Å². The average Bonchev–Trinajstić information content (AvgIpc) is 3.12. The van der Waals surface area contributed by atoms with Gasteiger partial charge in [-0.15, -0.1) is 0 Å². The fourth-order valence-electron chi connectivity index (χ4n) is 3.24. The summed E-state index contributed by atoms with van der Waals surface area (Å²) in [5, 5.41) is 8.43. The summed E-state index contributed by atoms with van der Waals surface area (Å²) in [6.45, 7) is 8.63. The second kappa shape index (κ2) is 7.77. The Labute approximate surface area is 123 Å². The Morgan fingerprint density at radius 2 is 1.95 bits per heavy atom. The first-order valence-electron chi connectivity index (χ1n) is 8.44. The maximum absolute atomic E-state index is 4.68. The Hall–Kier alpha value is -0.900. The lowest BCUT2D eigenvalue weighted by atomic mass is 9.98. The zero-order chi connectivity index (χ0) is 14.4. The van der Waals surface area contributed by atoms with Crippen molar-refractivity contribution in [2.24, 2.45) is 5.92 Å². The van der Waals surface area contributed by atoms with Crippen molar-refractivity contribution in [3.05, 3.63) is 11.6 Å². The van der Waals surface area contributed by atoms with Crippen LogP contribution in [0.4, 0.5) is 0 Å². The largest absolute Gasteiger partial charge is 0.312 e. The van der Waals surface area contributed by atoms with Crippen LogP contribution in [0.25, 0.3) is 0 Å². The number of aromatic nitrogens is 3. The highest BCUT2D eigenvalue weighted by Crippen LogP contribution is 2.28. The van der Waals surface area contributed by atoms with Crippen LogP contribution in [-0.4, -0.2) is 27.4 Å². The predicted molar refractivity (Wildman–Crippen MR) is 82.8 cm³/mol. The lowest BCUT2D eigenvalue weighted by molar-refractivity contribution is 0.308. The number of rotatable bonds is 8. The van der Waals surface area contributed by atoms with Gasteiger partial charge in [-0.25, -0.2) is 9.67 Å². The number of nitrogens with one attached hydrogen (secondary N) is 1. The minimum absolute atomic E-state index is 0.564. The molecule has 1 aromatic heterocycles. The minimum atomic E-state index is 0.564. The molecule has 1 aliphatic rings. The van der Waals surface area contributed by atoms with Crippen LogP contribution in [0, 0.1) is 5.92 Å². The normalized spacial score (nSPS) is 17.8. The van der Waals surface area contributed by atoms with Crippen LogP contribution < -0.4 is 5.32 Å². The second-order valence-corrected chi connectivity index (χ2v) is 5.94. The van der Waals surface area contributed by atoms with Crippen molar-refractivity contribution in [3.8, 4) is 0 Å². The topological polar surface area (TPSA) is 42.7 Å². The van der Waals surface area contributed by atoms with E-state index in [0.717, 1.165) is 43.5 Å². The number of hydrogen-bond acceptors (Lipinski definition) is 3. The molecule has 1 aliphatic carbocycles. The molecule has 0 saturated heterocycles. The highest BCUT2D eigenvalue weighted by atomic mass is 15.4. The van der Waals surface area contributed by atoms with Crippen LogP contribution in [0.2, 0.25) is 0 Å². The highest BCUT2D eigenvalue weighted by molar-refractivity contribution is 4.94. The molecular formula is C16H30N4. The summed E-state index contributed by atoms with van der Waals surface area (Å²) in [5.74, 6) is 2.95. The summed E-state index contributed by atoms with van der Waals surface area (Å²) in [7, 11) is 0. The molecule has 114 valence electrons. The van der Waals surface area contributed by atoms with Crippen molar-refractivity contribution in [2.45, 2.75) is 78.3 Å². The van der Waals surface area contributed by atoms with Gasteiger partial charge in [0.05, 0.1) is 6.54 Å². The molecule has 1 N–H and O–H groups in total. The van der Waals surface area contributed by atoms with E-state index in [-0.39, 0.29) is 0 Å². The van der Waals surface area contributed by atoms with Crippen LogP contribution in [0.3, 0.4) is 0 Å². The maximum atomic E-state index is 4.68. The first-order valence-corrected chi connectivity index (χ1v) is 8.44. The SMILES string of the molecule is CCCNC(Cn1nc(CC)nc1CC)C1CCCC1. The molecule has 4 nitrogen and oxygen atoms in total. The van der Waals surface area contributed by atoms with Crippen molar-refractivity contribution >= 4 is 0 Å². The Kier molecular flexibility index (Phi) is 6.02. The van der Waals surface area contributed by atoms with Gasteiger partial charge in [-0.2, -0.15) is 5.10 Å². The fourth-order valence-corrected chi connectivity index (χ4v) is 3.24. The predicted octanol–water partition coefficient (Wildman–Crippen LogP) is 2.96. The molecule has 0 amide bonds. The van der Waals surface area contributed by atoms with E-state index in [9.17, 15) is 0 Å². The van der Waals surface area contributed by atoms with E-state index in [0.29, 0.717) is 6.04 Å². The van der Waals surface area contributed by atoms with E-state index in [1.54, 1.807) is 0 Å². The highest BCUT2D eigenvalue weighted by Gasteiger charge is 2.25.